The molecule has 4 heteroatoms. The van der Waals surface area contributed by atoms with Crippen LogP contribution in [-0.4, -0.2) is 55.4 Å². The summed E-state index contributed by atoms with van der Waals surface area (Å²) < 4.78 is 1.04. The molecule has 22 heavy (non-hydrogen) atoms. The van der Waals surface area contributed by atoms with Crippen LogP contribution >= 0.6 is 0 Å². The van der Waals surface area contributed by atoms with E-state index in [1.54, 1.807) is 36.4 Å². The Hall–Kier alpha value is -2.38. The minimum atomic E-state index is -0.225. The lowest BCUT2D eigenvalue weighted by Crippen LogP contribution is -2.53. The molecule has 1 aromatic rings. The van der Waals surface area contributed by atoms with Crippen LogP contribution in [0.15, 0.2) is 54.4 Å². The molecule has 0 amide bonds. The zero-order valence-corrected chi connectivity index (χ0v) is 13.2. The number of quaternary nitrogens is 1. The maximum atomic E-state index is 12.2. The molecule has 4 nitrogen and oxygen atoms in total. The number of Topliss-reactive ketones (excluding diaryl/α,β-unsaturated/α-hetero) is 1. The Bertz CT molecular complexity index is 613. The molecule has 1 aliphatic heterocycles. The third-order valence-electron chi connectivity index (χ3n) is 3.93. The molecule has 0 spiro atoms. The topological polar surface area (TPSA) is 24.7 Å². The predicted octanol–water partition coefficient (Wildman–Crippen LogP) is 2.58. The smallest absolute Gasteiger partial charge is 0.234 e. The van der Waals surface area contributed by atoms with Crippen molar-refractivity contribution in [1.29, 1.82) is 0 Å². The Morgan fingerprint density at radius 2 is 1.86 bits per heavy atom. The highest BCUT2D eigenvalue weighted by Gasteiger charge is 2.22. The van der Waals surface area contributed by atoms with Gasteiger partial charge in [0.05, 0.1) is 46.8 Å². The van der Waals surface area contributed by atoms with Crippen molar-refractivity contribution in [1.82, 2.24) is 4.90 Å². The first-order valence-corrected chi connectivity index (χ1v) is 7.43. The van der Waals surface area contributed by atoms with E-state index >= 15 is 0 Å². The molecule has 0 saturated carbocycles. The molecule has 1 heterocycles. The number of carbonyl (C=O) groups excluding carboxylic acids is 1. The summed E-state index contributed by atoms with van der Waals surface area (Å²) in [4.78, 5) is 17.8. The summed E-state index contributed by atoms with van der Waals surface area (Å²) in [5.74, 6) is -0.225. The zero-order valence-electron chi connectivity index (χ0n) is 13.2. The molecule has 0 radical (unpaired) electrons. The van der Waals surface area contributed by atoms with Crippen molar-refractivity contribution >= 4 is 5.78 Å². The van der Waals surface area contributed by atoms with Gasteiger partial charge in [0.15, 0.2) is 5.78 Å². The average Bonchev–Trinajstić information content (AvgIpc) is 2.53. The van der Waals surface area contributed by atoms with Crippen LogP contribution in [0.1, 0.15) is 10.4 Å². The first-order chi connectivity index (χ1) is 10.5. The third-order valence-corrected chi connectivity index (χ3v) is 3.93. The number of hydrogen-bond acceptors (Lipinski definition) is 2. The van der Waals surface area contributed by atoms with E-state index in [2.05, 4.69) is 23.8 Å². The van der Waals surface area contributed by atoms with Crippen molar-refractivity contribution in [3.05, 3.63) is 71.4 Å². The lowest BCUT2D eigenvalue weighted by molar-refractivity contribution is -0.894. The maximum Gasteiger partial charge on any atom is 0.234 e. The minimum absolute atomic E-state index is 0.149. The van der Waals surface area contributed by atoms with Crippen LogP contribution in [0.25, 0.3) is 4.85 Å². The molecule has 0 N–H and O–H groups in total. The molecule has 0 atom stereocenters. The molecule has 0 aliphatic carbocycles. The number of piperazine rings is 1. The van der Waals surface area contributed by atoms with Crippen LogP contribution < -0.4 is 0 Å². The van der Waals surface area contributed by atoms with Crippen molar-refractivity contribution in [3.63, 3.8) is 0 Å². The fourth-order valence-corrected chi connectivity index (χ4v) is 2.33. The second kappa shape index (κ2) is 7.06. The largest absolute Gasteiger partial charge is 0.366 e. The molecule has 1 saturated heterocycles. The van der Waals surface area contributed by atoms with E-state index in [0.717, 1.165) is 30.7 Å². The van der Waals surface area contributed by atoms with E-state index in [1.165, 1.54) is 0 Å². The van der Waals surface area contributed by atoms with E-state index in [-0.39, 0.29) is 11.5 Å². The molecule has 1 fully saturated rings. The second-order valence-corrected chi connectivity index (χ2v) is 6.12. The molecule has 2 rings (SSSR count). The van der Waals surface area contributed by atoms with Gasteiger partial charge in [-0.25, -0.2) is 4.85 Å². The van der Waals surface area contributed by atoms with E-state index in [4.69, 9.17) is 6.57 Å². The summed E-state index contributed by atoms with van der Waals surface area (Å²) in [7, 11) is 4.47. The van der Waals surface area contributed by atoms with Gasteiger partial charge in [-0.05, 0) is 6.20 Å². The van der Waals surface area contributed by atoms with Crippen LogP contribution in [0.2, 0.25) is 0 Å². The number of benzene rings is 1. The highest BCUT2D eigenvalue weighted by atomic mass is 16.1. The van der Waals surface area contributed by atoms with Gasteiger partial charge in [-0.2, -0.15) is 0 Å². The number of hydrogen-bond donors (Lipinski definition) is 0. The van der Waals surface area contributed by atoms with Crippen molar-refractivity contribution in [3.8, 4) is 0 Å². The number of rotatable bonds is 4. The monoisotopic (exact) mass is 296 g/mol. The van der Waals surface area contributed by atoms with Crippen molar-refractivity contribution in [2.75, 3.05) is 40.3 Å². The molecule has 1 aromatic carbocycles. The molecule has 114 valence electrons. The fourth-order valence-electron chi connectivity index (χ4n) is 2.33. The number of nitrogens with zero attached hydrogens (tertiary/aromatic N) is 3. The maximum absolute atomic E-state index is 12.2. The van der Waals surface area contributed by atoms with Gasteiger partial charge in [-0.15, -0.1) is 0 Å². The zero-order chi connectivity index (χ0) is 16.0. The second-order valence-electron chi connectivity index (χ2n) is 6.12. The van der Waals surface area contributed by atoms with E-state index < -0.39 is 0 Å². The van der Waals surface area contributed by atoms with Crippen molar-refractivity contribution < 1.29 is 9.28 Å². The molecule has 0 aromatic heterocycles. The Kier molecular flexibility index (Phi) is 5.13. The first-order valence-electron chi connectivity index (χ1n) is 7.43. The van der Waals surface area contributed by atoms with E-state index in [0.29, 0.717) is 5.56 Å². The summed E-state index contributed by atoms with van der Waals surface area (Å²) >= 11 is 0. The first kappa shape index (κ1) is 16.0. The Balaban J connectivity index is 2.00. The highest BCUT2D eigenvalue weighted by Crippen LogP contribution is 2.11. The van der Waals surface area contributed by atoms with Crippen LogP contribution in [0.5, 0.6) is 0 Å². The normalized spacial score (nSPS) is 18.2. The Morgan fingerprint density at radius 3 is 2.45 bits per heavy atom. The van der Waals surface area contributed by atoms with Crippen LogP contribution in [0, 0.1) is 6.57 Å². The average molecular weight is 296 g/mol. The predicted molar refractivity (Wildman–Crippen MR) is 88.0 cm³/mol. The minimum Gasteiger partial charge on any atom is -0.366 e. The Morgan fingerprint density at radius 1 is 1.23 bits per heavy atom. The molecule has 0 bridgehead atoms. The van der Waals surface area contributed by atoms with Gasteiger partial charge in [0.2, 0.25) is 5.70 Å². The van der Waals surface area contributed by atoms with Gasteiger partial charge in [-0.3, -0.25) is 0 Å². The Labute approximate surface area is 132 Å². The molecular weight excluding hydrogens is 274 g/mol. The summed E-state index contributed by atoms with van der Waals surface area (Å²) in [6.45, 7) is 11.4. The lowest BCUT2D eigenvalue weighted by atomic mass is 10.1. The highest BCUT2D eigenvalue weighted by molar-refractivity contribution is 6.09. The van der Waals surface area contributed by atoms with Crippen LogP contribution in [-0.2, 0) is 0 Å². The summed E-state index contributed by atoms with van der Waals surface area (Å²) in [5, 5.41) is 0. The van der Waals surface area contributed by atoms with E-state index in [9.17, 15) is 4.79 Å². The molecule has 0 unspecified atom stereocenters. The van der Waals surface area contributed by atoms with Gasteiger partial charge in [0.1, 0.15) is 0 Å². The van der Waals surface area contributed by atoms with Gasteiger partial charge < -0.3 is 14.2 Å². The van der Waals surface area contributed by atoms with E-state index in [1.807, 2.05) is 12.3 Å². The van der Waals surface area contributed by atoms with Gasteiger partial charge >= 0.3 is 0 Å². The standard InChI is InChI=1S/C18H22N3O/c1-19-17(18(22)16-8-5-4-6-9-16)10-7-11-20-12-14-21(2,3)15-13-20/h4-11H,12-15H2,2-3H3/q+1. The summed E-state index contributed by atoms with van der Waals surface area (Å²) in [6, 6.07) is 8.93. The number of carbonyl (C=O) groups is 1. The molecular formula is C18H22N3O+. The van der Waals surface area contributed by atoms with Crippen LogP contribution in [0.3, 0.4) is 0 Å². The summed E-state index contributed by atoms with van der Waals surface area (Å²) in [5.41, 5.74) is 0.700. The summed E-state index contributed by atoms with van der Waals surface area (Å²) in [6.07, 6.45) is 5.39. The van der Waals surface area contributed by atoms with Crippen LogP contribution in [0.4, 0.5) is 0 Å². The third kappa shape index (κ3) is 4.31. The lowest BCUT2D eigenvalue weighted by Gasteiger charge is -2.38. The van der Waals surface area contributed by atoms with Crippen molar-refractivity contribution in [2.45, 2.75) is 0 Å². The number of ketones is 1. The molecule has 1 aliphatic rings. The SMILES string of the molecule is [C-]#[N+]C(=CC=CN1CC[N+](C)(C)CC1)C(=O)c1ccccc1. The van der Waals surface area contributed by atoms with Gasteiger partial charge in [-0.1, -0.05) is 42.5 Å². The van der Waals surface area contributed by atoms with Gasteiger partial charge in [0, 0.05) is 5.56 Å². The quantitative estimate of drug-likeness (QED) is 0.280. The van der Waals surface area contributed by atoms with Gasteiger partial charge in [0.25, 0.3) is 0 Å². The fraction of sp³-hybridized carbons (Fsp3) is 0.333. The van der Waals surface area contributed by atoms with Crippen molar-refractivity contribution in [2.24, 2.45) is 0 Å². The number of allylic oxidation sites excluding steroid dienone is 3. The number of likely N-dealkylation sites (N-methyl/N-ethyl adjacent to an activating group) is 1.